The molecule has 0 aliphatic carbocycles. The van der Waals surface area contributed by atoms with Crippen LogP contribution in [0.15, 0.2) is 73.2 Å². The normalized spacial score (nSPS) is 12.0. The van der Waals surface area contributed by atoms with E-state index in [4.69, 9.17) is 17.3 Å². The molecule has 0 saturated heterocycles. The Labute approximate surface area is 237 Å². The largest absolute Gasteiger partial charge is 0.416 e. The Kier molecular flexibility index (Phi) is 7.41. The summed E-state index contributed by atoms with van der Waals surface area (Å²) in [4.78, 5) is 17.6. The molecule has 0 saturated carbocycles. The Bertz CT molecular complexity index is 1760. The van der Waals surface area contributed by atoms with Gasteiger partial charge in [-0.1, -0.05) is 28.9 Å². The van der Waals surface area contributed by atoms with Crippen molar-refractivity contribution in [1.29, 1.82) is 0 Å². The van der Waals surface area contributed by atoms with Crippen LogP contribution in [-0.2, 0) is 18.9 Å². The number of hydrogen-bond acceptors (Lipinski definition) is 7. The van der Waals surface area contributed by atoms with Crippen LogP contribution in [0.2, 0.25) is 5.02 Å². The summed E-state index contributed by atoms with van der Waals surface area (Å²) >= 11 is 6.23. The third kappa shape index (κ3) is 5.65. The molecule has 214 valence electrons. The van der Waals surface area contributed by atoms with E-state index in [-0.39, 0.29) is 50.5 Å². The molecule has 42 heavy (non-hydrogen) atoms. The highest BCUT2D eigenvalue weighted by Gasteiger charge is 2.37. The Morgan fingerprint density at radius 1 is 0.881 bits per heavy atom. The minimum absolute atomic E-state index is 0.0350. The molecule has 0 atom stereocenters. The predicted octanol–water partition coefficient (Wildman–Crippen LogP) is 6.35. The molecule has 5 aromatic rings. The molecule has 0 spiro atoms. The number of aromatic nitrogens is 6. The summed E-state index contributed by atoms with van der Waals surface area (Å²) in [6.07, 6.45) is -6.11. The first-order valence-electron chi connectivity index (χ1n) is 11.9. The van der Waals surface area contributed by atoms with Crippen LogP contribution in [0.25, 0.3) is 22.6 Å². The van der Waals surface area contributed by atoms with Gasteiger partial charge in [0.15, 0.2) is 5.78 Å². The number of ketones is 1. The van der Waals surface area contributed by atoms with Gasteiger partial charge >= 0.3 is 12.4 Å². The monoisotopic (exact) mass is 603 g/mol. The van der Waals surface area contributed by atoms with E-state index in [1.165, 1.54) is 24.5 Å². The molecule has 15 heteroatoms. The second kappa shape index (κ2) is 10.9. The van der Waals surface area contributed by atoms with Crippen molar-refractivity contribution in [3.05, 3.63) is 106 Å². The van der Waals surface area contributed by atoms with E-state index in [2.05, 4.69) is 25.5 Å². The fraction of sp³-hybridized carbons (Fsp3) is 0.111. The summed E-state index contributed by atoms with van der Waals surface area (Å²) in [5, 5.41) is 16.1. The van der Waals surface area contributed by atoms with E-state index in [0.29, 0.717) is 17.7 Å². The maximum absolute atomic E-state index is 13.6. The SMILES string of the molecule is Nc1cnnc(-c2nnn(Cc3cc(C(F)(F)F)cc(C(F)(F)F)c3)c2-c2cccnc2)c1C(=O)c1ccccc1Cl. The first-order valence-corrected chi connectivity index (χ1v) is 12.3. The number of alkyl halides is 6. The highest BCUT2D eigenvalue weighted by molar-refractivity contribution is 6.35. The van der Waals surface area contributed by atoms with Gasteiger partial charge in [0.25, 0.3) is 0 Å². The summed E-state index contributed by atoms with van der Waals surface area (Å²) < 4.78 is 82.0. The summed E-state index contributed by atoms with van der Waals surface area (Å²) in [6.45, 7) is -0.562. The number of carbonyl (C=O) groups excluding carboxylic acids is 1. The van der Waals surface area contributed by atoms with E-state index >= 15 is 0 Å². The maximum atomic E-state index is 13.6. The Morgan fingerprint density at radius 3 is 2.19 bits per heavy atom. The second-order valence-corrected chi connectivity index (χ2v) is 9.34. The Morgan fingerprint density at radius 2 is 1.57 bits per heavy atom. The van der Waals surface area contributed by atoms with Gasteiger partial charge in [0.05, 0.1) is 40.1 Å². The van der Waals surface area contributed by atoms with E-state index in [1.54, 1.807) is 24.3 Å². The number of nitrogens with two attached hydrogens (primary N) is 1. The highest BCUT2D eigenvalue weighted by atomic mass is 35.5. The van der Waals surface area contributed by atoms with Crippen molar-refractivity contribution >= 4 is 23.1 Å². The van der Waals surface area contributed by atoms with Crippen molar-refractivity contribution in [2.75, 3.05) is 5.73 Å². The molecule has 2 N–H and O–H groups in total. The van der Waals surface area contributed by atoms with Gasteiger partial charge in [-0.25, -0.2) is 4.68 Å². The zero-order valence-electron chi connectivity index (χ0n) is 20.9. The molecule has 0 aliphatic heterocycles. The van der Waals surface area contributed by atoms with Crippen LogP contribution >= 0.6 is 11.6 Å². The summed E-state index contributed by atoms with van der Waals surface area (Å²) in [5.74, 6) is -0.623. The number of hydrogen-bond donors (Lipinski definition) is 1. The summed E-state index contributed by atoms with van der Waals surface area (Å²) in [6, 6.07) is 10.5. The lowest BCUT2D eigenvalue weighted by atomic mass is 9.98. The lowest BCUT2D eigenvalue weighted by molar-refractivity contribution is -0.143. The van der Waals surface area contributed by atoms with Gasteiger partial charge < -0.3 is 5.73 Å². The van der Waals surface area contributed by atoms with Crippen molar-refractivity contribution in [2.45, 2.75) is 18.9 Å². The van der Waals surface area contributed by atoms with Gasteiger partial charge in [-0.3, -0.25) is 9.78 Å². The number of halogens is 7. The van der Waals surface area contributed by atoms with E-state index in [1.807, 2.05) is 0 Å². The fourth-order valence-corrected chi connectivity index (χ4v) is 4.46. The molecule has 0 unspecified atom stereocenters. The average molecular weight is 604 g/mol. The topological polar surface area (TPSA) is 112 Å². The van der Waals surface area contributed by atoms with Gasteiger partial charge in [-0.15, -0.1) is 10.2 Å². The number of pyridine rings is 1. The lowest BCUT2D eigenvalue weighted by Gasteiger charge is -2.15. The molecule has 2 aromatic carbocycles. The molecule has 0 aliphatic rings. The van der Waals surface area contributed by atoms with E-state index in [0.717, 1.165) is 10.9 Å². The van der Waals surface area contributed by atoms with Crippen LogP contribution in [0.1, 0.15) is 32.6 Å². The van der Waals surface area contributed by atoms with Crippen LogP contribution in [0, 0.1) is 0 Å². The molecule has 3 heterocycles. The number of anilines is 1. The number of rotatable bonds is 6. The van der Waals surface area contributed by atoms with Crippen molar-refractivity contribution in [3.63, 3.8) is 0 Å². The second-order valence-electron chi connectivity index (χ2n) is 8.93. The number of benzene rings is 2. The molecule has 5 rings (SSSR count). The smallest absolute Gasteiger partial charge is 0.397 e. The zero-order valence-corrected chi connectivity index (χ0v) is 21.7. The first kappa shape index (κ1) is 28.7. The standard InChI is InChI=1S/C27H16ClF6N7O/c28-19-6-2-1-5-18(19)25(42)21-20(35)12-37-38-22(21)23-24(15-4-3-7-36-11-15)41(40-39-23)13-14-8-16(26(29,30)31)10-17(9-14)27(32,33)34/h1-12H,13H2,(H2,35,38). The maximum Gasteiger partial charge on any atom is 0.416 e. The summed E-state index contributed by atoms with van der Waals surface area (Å²) in [7, 11) is 0. The highest BCUT2D eigenvalue weighted by Crippen LogP contribution is 2.38. The molecule has 0 bridgehead atoms. The van der Waals surface area contributed by atoms with Gasteiger partial charge in [0.1, 0.15) is 17.1 Å². The van der Waals surface area contributed by atoms with Crippen molar-refractivity contribution in [3.8, 4) is 22.6 Å². The van der Waals surface area contributed by atoms with Crippen molar-refractivity contribution in [2.24, 2.45) is 0 Å². The molecule has 3 aromatic heterocycles. The molecular formula is C27H16ClF6N7O. The summed E-state index contributed by atoms with van der Waals surface area (Å²) in [5.41, 5.74) is 2.90. The number of nitrogen functional groups attached to an aromatic ring is 1. The van der Waals surface area contributed by atoms with E-state index < -0.39 is 35.8 Å². The zero-order chi connectivity index (χ0) is 30.2. The third-order valence-electron chi connectivity index (χ3n) is 6.10. The minimum Gasteiger partial charge on any atom is -0.397 e. The van der Waals surface area contributed by atoms with Gasteiger partial charge in [-0.05, 0) is 48.0 Å². The van der Waals surface area contributed by atoms with Gasteiger partial charge in [0.2, 0.25) is 0 Å². The van der Waals surface area contributed by atoms with Gasteiger partial charge in [-0.2, -0.15) is 31.4 Å². The van der Waals surface area contributed by atoms with Crippen molar-refractivity contribution < 1.29 is 31.1 Å². The molecule has 8 nitrogen and oxygen atoms in total. The van der Waals surface area contributed by atoms with Gasteiger partial charge in [0, 0.05) is 23.5 Å². The van der Waals surface area contributed by atoms with Crippen LogP contribution in [0.5, 0.6) is 0 Å². The molecule has 0 amide bonds. The lowest BCUT2D eigenvalue weighted by Crippen LogP contribution is -2.13. The van der Waals surface area contributed by atoms with E-state index in [9.17, 15) is 31.1 Å². The third-order valence-corrected chi connectivity index (χ3v) is 6.43. The Hall–Kier alpha value is -4.85. The number of carbonyl (C=O) groups is 1. The predicted molar refractivity (Wildman–Crippen MR) is 139 cm³/mol. The minimum atomic E-state index is -5.04. The number of nitrogens with zero attached hydrogens (tertiary/aromatic N) is 6. The first-order chi connectivity index (χ1) is 19.8. The quantitative estimate of drug-likeness (QED) is 0.178. The molecule has 0 radical (unpaired) electrons. The fourth-order valence-electron chi connectivity index (χ4n) is 4.24. The Balaban J connectivity index is 1.70. The van der Waals surface area contributed by atoms with Crippen LogP contribution in [-0.4, -0.2) is 36.0 Å². The van der Waals surface area contributed by atoms with Crippen LogP contribution < -0.4 is 5.73 Å². The van der Waals surface area contributed by atoms with Crippen molar-refractivity contribution in [1.82, 2.24) is 30.2 Å². The molecule has 0 fully saturated rings. The van der Waals surface area contributed by atoms with Crippen LogP contribution in [0.4, 0.5) is 32.0 Å². The molecular weight excluding hydrogens is 588 g/mol. The average Bonchev–Trinajstić information content (AvgIpc) is 3.35. The van der Waals surface area contributed by atoms with Crippen LogP contribution in [0.3, 0.4) is 0 Å².